The molecule has 0 aromatic carbocycles. The van der Waals surface area contributed by atoms with E-state index in [1.807, 2.05) is 13.8 Å². The molecule has 0 bridgehead atoms. The van der Waals surface area contributed by atoms with E-state index in [1.165, 1.54) is 4.68 Å². The number of nitrogen functional groups attached to an aromatic ring is 1. The smallest absolute Gasteiger partial charge is 0.284 e. The Labute approximate surface area is 86.1 Å². The van der Waals surface area contributed by atoms with Gasteiger partial charge in [-0.25, -0.2) is 4.68 Å². The first-order valence-corrected chi connectivity index (χ1v) is 4.48. The van der Waals surface area contributed by atoms with E-state index in [1.54, 1.807) is 7.05 Å². The van der Waals surface area contributed by atoms with Crippen molar-refractivity contribution in [2.75, 3.05) is 5.73 Å². The van der Waals surface area contributed by atoms with Crippen molar-refractivity contribution in [3.8, 4) is 11.4 Å². The molecule has 0 spiro atoms. The molecule has 0 aliphatic carbocycles. The number of nitrogens with two attached hydrogens (primary N) is 1. The number of aromatic nitrogens is 4. The Morgan fingerprint density at radius 2 is 1.93 bits per heavy atom. The summed E-state index contributed by atoms with van der Waals surface area (Å²) in [4.78, 5) is 19.3. The second-order valence-corrected chi connectivity index (χ2v) is 3.42. The SMILES string of the molecule is Cc1nn(C)c2nc(N)nc(=O)c-2c1C. The molecule has 2 heterocycles. The topological polar surface area (TPSA) is 86.7 Å². The maximum atomic E-state index is 11.7. The number of rotatable bonds is 0. The summed E-state index contributed by atoms with van der Waals surface area (Å²) in [7, 11) is 1.72. The van der Waals surface area contributed by atoms with E-state index in [-0.39, 0.29) is 11.5 Å². The van der Waals surface area contributed by atoms with Crippen molar-refractivity contribution in [3.05, 3.63) is 21.6 Å². The number of hydrogen-bond donors (Lipinski definition) is 1. The van der Waals surface area contributed by atoms with Crippen LogP contribution in [-0.4, -0.2) is 19.7 Å². The standard InChI is InChI=1S/C9H11N5O/c1-4-5(2)13-14(3)7-6(4)8(15)12-9(10)11-7/h1-3H3,(H2,10,12,15). The third-order valence-corrected chi connectivity index (χ3v) is 2.40. The highest BCUT2D eigenvalue weighted by Crippen LogP contribution is 2.19. The Morgan fingerprint density at radius 1 is 1.27 bits per heavy atom. The normalized spacial score (nSPS) is 10.9. The van der Waals surface area contributed by atoms with Crippen LogP contribution in [-0.2, 0) is 7.05 Å². The summed E-state index contributed by atoms with van der Waals surface area (Å²) in [6.45, 7) is 3.66. The summed E-state index contributed by atoms with van der Waals surface area (Å²) < 4.78 is 1.54. The maximum absolute atomic E-state index is 11.7. The second kappa shape index (κ2) is 3.01. The fraction of sp³-hybridized carbons (Fsp3) is 0.333. The largest absolute Gasteiger partial charge is 0.368 e. The van der Waals surface area contributed by atoms with Gasteiger partial charge in [-0.3, -0.25) is 4.79 Å². The molecule has 2 aliphatic heterocycles. The predicted octanol–water partition coefficient (Wildman–Crippen LogP) is -0.126. The van der Waals surface area contributed by atoms with Crippen molar-refractivity contribution in [1.29, 1.82) is 0 Å². The van der Waals surface area contributed by atoms with Crippen molar-refractivity contribution >= 4 is 5.95 Å². The molecule has 78 valence electrons. The lowest BCUT2D eigenvalue weighted by molar-refractivity contribution is 0.705. The van der Waals surface area contributed by atoms with Crippen molar-refractivity contribution in [2.24, 2.45) is 7.05 Å². The van der Waals surface area contributed by atoms with Crippen molar-refractivity contribution in [2.45, 2.75) is 13.8 Å². The lowest BCUT2D eigenvalue weighted by Crippen LogP contribution is -2.22. The van der Waals surface area contributed by atoms with Gasteiger partial charge in [0.25, 0.3) is 5.56 Å². The Bertz CT molecular complexity index is 560. The van der Waals surface area contributed by atoms with Gasteiger partial charge in [-0.1, -0.05) is 0 Å². The number of aryl methyl sites for hydroxylation is 2. The van der Waals surface area contributed by atoms with E-state index in [2.05, 4.69) is 15.1 Å². The van der Waals surface area contributed by atoms with E-state index in [4.69, 9.17) is 5.73 Å². The van der Waals surface area contributed by atoms with Crippen LogP contribution in [0.4, 0.5) is 5.95 Å². The first-order valence-electron chi connectivity index (χ1n) is 4.48. The molecular formula is C9H11N5O. The average molecular weight is 205 g/mol. The molecule has 6 nitrogen and oxygen atoms in total. The molecule has 15 heavy (non-hydrogen) atoms. The molecule has 0 radical (unpaired) electrons. The Balaban J connectivity index is 3.01. The highest BCUT2D eigenvalue weighted by molar-refractivity contribution is 5.61. The second-order valence-electron chi connectivity index (χ2n) is 3.42. The van der Waals surface area contributed by atoms with Crippen molar-refractivity contribution in [3.63, 3.8) is 0 Å². The van der Waals surface area contributed by atoms with Crippen LogP contribution in [0.3, 0.4) is 0 Å². The molecule has 6 heteroatoms. The van der Waals surface area contributed by atoms with Gasteiger partial charge in [-0.2, -0.15) is 15.1 Å². The molecule has 0 atom stereocenters. The first kappa shape index (κ1) is 9.57. The van der Waals surface area contributed by atoms with Crippen LogP contribution in [0.2, 0.25) is 0 Å². The molecule has 0 unspecified atom stereocenters. The van der Waals surface area contributed by atoms with Crippen LogP contribution >= 0.6 is 0 Å². The molecule has 0 amide bonds. The molecular weight excluding hydrogens is 194 g/mol. The summed E-state index contributed by atoms with van der Waals surface area (Å²) in [6, 6.07) is 0. The summed E-state index contributed by atoms with van der Waals surface area (Å²) in [5.74, 6) is 0.448. The van der Waals surface area contributed by atoms with E-state index >= 15 is 0 Å². The fourth-order valence-corrected chi connectivity index (χ4v) is 1.54. The van der Waals surface area contributed by atoms with Crippen LogP contribution in [0.5, 0.6) is 0 Å². The van der Waals surface area contributed by atoms with Crippen LogP contribution in [0.25, 0.3) is 11.4 Å². The highest BCUT2D eigenvalue weighted by Gasteiger charge is 2.17. The number of anilines is 1. The lowest BCUT2D eigenvalue weighted by Gasteiger charge is -2.13. The average Bonchev–Trinajstić information content (AvgIpc) is 2.13. The minimum Gasteiger partial charge on any atom is -0.368 e. The van der Waals surface area contributed by atoms with E-state index in [0.29, 0.717) is 11.4 Å². The number of hydrogen-bond acceptors (Lipinski definition) is 5. The zero-order valence-electron chi connectivity index (χ0n) is 8.77. The van der Waals surface area contributed by atoms with Crippen molar-refractivity contribution < 1.29 is 0 Å². The first-order chi connectivity index (χ1) is 7.00. The van der Waals surface area contributed by atoms with E-state index in [0.717, 1.165) is 11.3 Å². The fourth-order valence-electron chi connectivity index (χ4n) is 1.54. The van der Waals surface area contributed by atoms with Gasteiger partial charge in [-0.05, 0) is 19.4 Å². The third-order valence-electron chi connectivity index (χ3n) is 2.40. The van der Waals surface area contributed by atoms with Crippen LogP contribution in [0, 0.1) is 13.8 Å². The quantitative estimate of drug-likeness (QED) is 0.647. The van der Waals surface area contributed by atoms with Gasteiger partial charge < -0.3 is 5.73 Å². The van der Waals surface area contributed by atoms with E-state index in [9.17, 15) is 4.79 Å². The summed E-state index contributed by atoms with van der Waals surface area (Å²) in [6.07, 6.45) is 0. The maximum Gasteiger partial charge on any atom is 0.284 e. The van der Waals surface area contributed by atoms with Crippen LogP contribution in [0.1, 0.15) is 11.3 Å². The summed E-state index contributed by atoms with van der Waals surface area (Å²) >= 11 is 0. The molecule has 0 aromatic heterocycles. The van der Waals surface area contributed by atoms with Gasteiger partial charge in [0.15, 0.2) is 5.82 Å². The van der Waals surface area contributed by atoms with Gasteiger partial charge >= 0.3 is 0 Å². The highest BCUT2D eigenvalue weighted by atomic mass is 16.1. The monoisotopic (exact) mass is 205 g/mol. The van der Waals surface area contributed by atoms with Gasteiger partial charge in [-0.15, -0.1) is 0 Å². The lowest BCUT2D eigenvalue weighted by atomic mass is 10.1. The molecule has 2 N–H and O–H groups in total. The summed E-state index contributed by atoms with van der Waals surface area (Å²) in [5, 5.41) is 4.22. The Hall–Kier alpha value is -1.98. The predicted molar refractivity (Wildman–Crippen MR) is 55.6 cm³/mol. The molecule has 0 aromatic rings. The van der Waals surface area contributed by atoms with Crippen LogP contribution in [0.15, 0.2) is 4.79 Å². The molecule has 2 rings (SSSR count). The zero-order valence-corrected chi connectivity index (χ0v) is 8.77. The number of fused-ring (bicyclic) bond motifs is 1. The Morgan fingerprint density at radius 3 is 2.60 bits per heavy atom. The Kier molecular flexibility index (Phi) is 1.92. The van der Waals surface area contributed by atoms with E-state index < -0.39 is 0 Å². The van der Waals surface area contributed by atoms with Gasteiger partial charge in [0.1, 0.15) is 0 Å². The van der Waals surface area contributed by atoms with Gasteiger partial charge in [0, 0.05) is 7.05 Å². The van der Waals surface area contributed by atoms with Crippen molar-refractivity contribution in [1.82, 2.24) is 19.7 Å². The third kappa shape index (κ3) is 1.34. The zero-order chi connectivity index (χ0) is 11.2. The van der Waals surface area contributed by atoms with Gasteiger partial charge in [0.05, 0.1) is 11.3 Å². The summed E-state index contributed by atoms with van der Waals surface area (Å²) in [5.41, 5.74) is 7.14. The molecule has 0 saturated heterocycles. The van der Waals surface area contributed by atoms with Crippen LogP contribution < -0.4 is 11.3 Å². The van der Waals surface area contributed by atoms with Gasteiger partial charge in [0.2, 0.25) is 5.95 Å². The molecule has 2 aliphatic rings. The molecule has 0 saturated carbocycles. The number of nitrogens with zero attached hydrogens (tertiary/aromatic N) is 4. The molecule has 0 fully saturated rings. The minimum absolute atomic E-state index is 0.0202. The minimum atomic E-state index is -0.351.